The van der Waals surface area contributed by atoms with E-state index < -0.39 is 5.97 Å². The number of ether oxygens (including phenoxy) is 2. The minimum atomic E-state index is -0.468. The number of nitrogens with zero attached hydrogens (tertiary/aromatic N) is 2. The van der Waals surface area contributed by atoms with Gasteiger partial charge >= 0.3 is 5.97 Å². The van der Waals surface area contributed by atoms with Gasteiger partial charge in [0.15, 0.2) is 0 Å². The van der Waals surface area contributed by atoms with Crippen molar-refractivity contribution in [2.45, 2.75) is 0 Å². The van der Waals surface area contributed by atoms with Crippen molar-refractivity contribution < 1.29 is 14.3 Å². The highest BCUT2D eigenvalue weighted by Crippen LogP contribution is 2.25. The van der Waals surface area contributed by atoms with Crippen LogP contribution in [0.2, 0.25) is 0 Å². The molecule has 0 spiro atoms. The van der Waals surface area contributed by atoms with E-state index in [0.717, 1.165) is 17.1 Å². The van der Waals surface area contributed by atoms with Gasteiger partial charge < -0.3 is 9.47 Å². The van der Waals surface area contributed by atoms with E-state index >= 15 is 0 Å². The molecule has 0 aliphatic carbocycles. The molecule has 1 aromatic heterocycles. The molecule has 5 nitrogen and oxygen atoms in total. The molecule has 4 aromatic rings. The van der Waals surface area contributed by atoms with Crippen molar-refractivity contribution in [2.24, 2.45) is 0 Å². The van der Waals surface area contributed by atoms with Gasteiger partial charge in [-0.1, -0.05) is 36.4 Å². The maximum absolute atomic E-state index is 12.1. The summed E-state index contributed by atoms with van der Waals surface area (Å²) in [5.41, 5.74) is 2.02. The third-order valence-corrected chi connectivity index (χ3v) is 3.98. The summed E-state index contributed by atoms with van der Waals surface area (Å²) in [7, 11) is 0. The number of hydrogen-bond donors (Lipinski definition) is 0. The summed E-state index contributed by atoms with van der Waals surface area (Å²) in [4.78, 5) is 12.1. The molecular weight excluding hydrogens is 352 g/mol. The Bertz CT molecular complexity index is 1050. The van der Waals surface area contributed by atoms with E-state index in [0.29, 0.717) is 11.3 Å². The van der Waals surface area contributed by atoms with Gasteiger partial charge in [0.25, 0.3) is 0 Å². The molecule has 0 atom stereocenters. The lowest BCUT2D eigenvalue weighted by molar-refractivity contribution is 0.0726. The number of para-hydroxylation sites is 1. The molecule has 5 heteroatoms. The number of carbonyl (C=O) groups is 1. The van der Waals surface area contributed by atoms with Gasteiger partial charge in [0.05, 0.1) is 11.3 Å². The zero-order valence-electron chi connectivity index (χ0n) is 14.9. The van der Waals surface area contributed by atoms with Gasteiger partial charge in [-0.2, -0.15) is 0 Å². The van der Waals surface area contributed by atoms with Crippen molar-refractivity contribution in [3.63, 3.8) is 0 Å². The van der Waals surface area contributed by atoms with Crippen LogP contribution >= 0.6 is 0 Å². The van der Waals surface area contributed by atoms with Gasteiger partial charge in [0.1, 0.15) is 11.5 Å². The lowest BCUT2D eigenvalue weighted by Crippen LogP contribution is -2.09. The summed E-state index contributed by atoms with van der Waals surface area (Å²) < 4.78 is 11.0. The first-order valence-corrected chi connectivity index (χ1v) is 8.72. The molecule has 0 aliphatic rings. The topological polar surface area (TPSA) is 61.3 Å². The smallest absolute Gasteiger partial charge is 0.344 e. The van der Waals surface area contributed by atoms with E-state index in [4.69, 9.17) is 9.47 Å². The van der Waals surface area contributed by atoms with Gasteiger partial charge in [-0.25, -0.2) is 4.79 Å². The van der Waals surface area contributed by atoms with Crippen LogP contribution in [0.3, 0.4) is 0 Å². The largest absolute Gasteiger partial charge is 0.457 e. The molecule has 0 fully saturated rings. The quantitative estimate of drug-likeness (QED) is 0.456. The van der Waals surface area contributed by atoms with Crippen LogP contribution < -0.4 is 9.47 Å². The second kappa shape index (κ2) is 8.14. The lowest BCUT2D eigenvalue weighted by atomic mass is 10.1. The fourth-order valence-corrected chi connectivity index (χ4v) is 2.57. The summed E-state index contributed by atoms with van der Waals surface area (Å²) in [6, 6.07) is 29.2. The van der Waals surface area contributed by atoms with Crippen molar-refractivity contribution in [1.29, 1.82) is 0 Å². The van der Waals surface area contributed by atoms with Crippen LogP contribution in [0, 0.1) is 0 Å². The fourth-order valence-electron chi connectivity index (χ4n) is 2.57. The SMILES string of the molecule is O=C(Oc1ccc(-c2ccc(Oc3ccccc3)cc2)nn1)c1ccccc1. The number of esters is 1. The maximum atomic E-state index is 12.1. The van der Waals surface area contributed by atoms with Gasteiger partial charge in [0, 0.05) is 11.6 Å². The monoisotopic (exact) mass is 368 g/mol. The third kappa shape index (κ3) is 4.22. The Hall–Kier alpha value is -3.99. The Morgan fingerprint density at radius 2 is 1.29 bits per heavy atom. The highest BCUT2D eigenvalue weighted by Gasteiger charge is 2.09. The van der Waals surface area contributed by atoms with E-state index in [2.05, 4.69) is 10.2 Å². The van der Waals surface area contributed by atoms with Crippen molar-refractivity contribution in [2.75, 3.05) is 0 Å². The van der Waals surface area contributed by atoms with Crippen LogP contribution in [0.25, 0.3) is 11.3 Å². The molecule has 3 aromatic carbocycles. The van der Waals surface area contributed by atoms with Crippen molar-refractivity contribution in [3.8, 4) is 28.6 Å². The Kier molecular flexibility index (Phi) is 5.06. The van der Waals surface area contributed by atoms with Crippen molar-refractivity contribution >= 4 is 5.97 Å². The number of hydrogen-bond acceptors (Lipinski definition) is 5. The Labute approximate surface area is 162 Å². The molecule has 0 aliphatic heterocycles. The van der Waals surface area contributed by atoms with Crippen LogP contribution in [0.5, 0.6) is 17.4 Å². The predicted octanol–water partition coefficient (Wildman–Crippen LogP) is 5.16. The molecule has 0 saturated heterocycles. The zero-order chi connectivity index (χ0) is 19.2. The number of rotatable bonds is 5. The summed E-state index contributed by atoms with van der Waals surface area (Å²) in [6.45, 7) is 0. The first-order valence-electron chi connectivity index (χ1n) is 8.72. The van der Waals surface area contributed by atoms with E-state index in [1.54, 1.807) is 36.4 Å². The van der Waals surface area contributed by atoms with Crippen molar-refractivity contribution in [1.82, 2.24) is 10.2 Å². The molecule has 136 valence electrons. The van der Waals surface area contributed by atoms with E-state index in [-0.39, 0.29) is 5.88 Å². The fraction of sp³-hybridized carbons (Fsp3) is 0. The standard InChI is InChI=1S/C23H16N2O3/c26-23(18-7-3-1-4-8-18)28-22-16-15-21(24-25-22)17-11-13-20(14-12-17)27-19-9-5-2-6-10-19/h1-16H. The van der Waals surface area contributed by atoms with E-state index in [9.17, 15) is 4.79 Å². The second-order valence-corrected chi connectivity index (χ2v) is 5.95. The van der Waals surface area contributed by atoms with Crippen LogP contribution in [-0.2, 0) is 0 Å². The minimum Gasteiger partial charge on any atom is -0.457 e. The van der Waals surface area contributed by atoms with E-state index in [1.807, 2.05) is 60.7 Å². The molecule has 0 saturated carbocycles. The first kappa shape index (κ1) is 17.4. The average Bonchev–Trinajstić information content (AvgIpc) is 2.76. The molecular formula is C23H16N2O3. The normalized spacial score (nSPS) is 10.3. The van der Waals surface area contributed by atoms with Crippen LogP contribution in [0.1, 0.15) is 10.4 Å². The number of benzene rings is 3. The third-order valence-electron chi connectivity index (χ3n) is 3.98. The minimum absolute atomic E-state index is 0.154. The molecule has 0 amide bonds. The molecule has 0 N–H and O–H groups in total. The lowest BCUT2D eigenvalue weighted by Gasteiger charge is -2.07. The molecule has 4 rings (SSSR count). The Balaban J connectivity index is 1.43. The molecule has 0 bridgehead atoms. The highest BCUT2D eigenvalue weighted by atomic mass is 16.5. The second-order valence-electron chi connectivity index (χ2n) is 5.95. The van der Waals surface area contributed by atoms with Crippen LogP contribution in [0.15, 0.2) is 97.1 Å². The first-order chi connectivity index (χ1) is 13.8. The van der Waals surface area contributed by atoms with E-state index in [1.165, 1.54) is 0 Å². The molecule has 1 heterocycles. The molecule has 28 heavy (non-hydrogen) atoms. The summed E-state index contributed by atoms with van der Waals surface area (Å²) in [5.74, 6) is 1.20. The highest BCUT2D eigenvalue weighted by molar-refractivity contribution is 5.90. The molecule has 0 unspecified atom stereocenters. The molecule has 0 radical (unpaired) electrons. The average molecular weight is 368 g/mol. The zero-order valence-corrected chi connectivity index (χ0v) is 14.9. The van der Waals surface area contributed by atoms with Crippen LogP contribution in [-0.4, -0.2) is 16.2 Å². The summed E-state index contributed by atoms with van der Waals surface area (Å²) >= 11 is 0. The summed E-state index contributed by atoms with van der Waals surface area (Å²) in [5, 5.41) is 8.13. The number of aromatic nitrogens is 2. The predicted molar refractivity (Wildman–Crippen MR) is 105 cm³/mol. The van der Waals surface area contributed by atoms with Gasteiger partial charge in [-0.15, -0.1) is 10.2 Å². The number of carbonyl (C=O) groups excluding carboxylic acids is 1. The Morgan fingerprint density at radius 3 is 1.93 bits per heavy atom. The van der Waals surface area contributed by atoms with Gasteiger partial charge in [0.2, 0.25) is 5.88 Å². The van der Waals surface area contributed by atoms with Crippen molar-refractivity contribution in [3.05, 3.63) is 103 Å². The maximum Gasteiger partial charge on any atom is 0.344 e. The van der Waals surface area contributed by atoms with Crippen LogP contribution in [0.4, 0.5) is 0 Å². The van der Waals surface area contributed by atoms with Gasteiger partial charge in [-0.3, -0.25) is 0 Å². The summed E-state index contributed by atoms with van der Waals surface area (Å²) in [6.07, 6.45) is 0. The van der Waals surface area contributed by atoms with Gasteiger partial charge in [-0.05, 0) is 54.6 Å². The Morgan fingerprint density at radius 1 is 0.643 bits per heavy atom.